The number of aliphatic hydroxyl groups is 1. The van der Waals surface area contributed by atoms with E-state index in [1.54, 1.807) is 17.0 Å². The van der Waals surface area contributed by atoms with Gasteiger partial charge >= 0.3 is 0 Å². The van der Waals surface area contributed by atoms with Gasteiger partial charge in [-0.05, 0) is 67.3 Å². The molecule has 1 aliphatic rings. The first-order chi connectivity index (χ1) is 18.8. The molecule has 1 saturated heterocycles. The molecule has 2 amide bonds. The highest BCUT2D eigenvalue weighted by Gasteiger charge is 2.25. The lowest BCUT2D eigenvalue weighted by Crippen LogP contribution is -2.48. The molecule has 0 spiro atoms. The molecule has 10 heteroatoms. The molecule has 0 aromatic heterocycles. The summed E-state index contributed by atoms with van der Waals surface area (Å²) in [5, 5.41) is 20.8. The van der Waals surface area contributed by atoms with Crippen molar-refractivity contribution in [3.8, 4) is 0 Å². The van der Waals surface area contributed by atoms with Gasteiger partial charge in [-0.25, -0.2) is 0 Å². The van der Waals surface area contributed by atoms with Crippen LogP contribution in [0, 0.1) is 0 Å². The molecule has 0 saturated carbocycles. The number of hydrogen-bond acceptors (Lipinski definition) is 5. The maximum absolute atomic E-state index is 13.5. The Kier molecular flexibility index (Phi) is 12.5. The van der Waals surface area contributed by atoms with Gasteiger partial charge in [0.2, 0.25) is 5.91 Å². The summed E-state index contributed by atoms with van der Waals surface area (Å²) in [5.74, 6) is -0.227. The van der Waals surface area contributed by atoms with E-state index in [2.05, 4.69) is 47.8 Å². The van der Waals surface area contributed by atoms with E-state index >= 15 is 0 Å². The van der Waals surface area contributed by atoms with Gasteiger partial charge in [0.05, 0.1) is 12.1 Å². The number of amides is 2. The molecule has 1 heterocycles. The van der Waals surface area contributed by atoms with Crippen LogP contribution in [0.25, 0.3) is 0 Å². The van der Waals surface area contributed by atoms with Crippen LogP contribution in [0.4, 0.5) is 11.4 Å². The van der Waals surface area contributed by atoms with Crippen LogP contribution < -0.4 is 20.9 Å². The SMILES string of the molecule is CCNc1cc(C(=O)N[C@@H](Cc2ccccc2)[C@@H](O)CNCc2cc(Br)cc(Br)c2)cc(N2CCCC2=O)c1.Cl. The zero-order chi connectivity index (χ0) is 27.8. The number of rotatable bonds is 12. The number of nitrogens with zero attached hydrogens (tertiary/aromatic N) is 1. The summed E-state index contributed by atoms with van der Waals surface area (Å²) in [6, 6.07) is 20.8. The van der Waals surface area contributed by atoms with E-state index in [0.717, 1.165) is 32.2 Å². The van der Waals surface area contributed by atoms with Crippen LogP contribution in [0.3, 0.4) is 0 Å². The van der Waals surface area contributed by atoms with E-state index in [1.165, 1.54) is 0 Å². The second kappa shape index (κ2) is 15.5. The van der Waals surface area contributed by atoms with Gasteiger partial charge in [-0.3, -0.25) is 9.59 Å². The smallest absolute Gasteiger partial charge is 0.251 e. The third-order valence-corrected chi connectivity index (χ3v) is 7.55. The van der Waals surface area contributed by atoms with E-state index in [1.807, 2.05) is 61.5 Å². The topological polar surface area (TPSA) is 93.7 Å². The first kappa shape index (κ1) is 32.1. The van der Waals surface area contributed by atoms with Crippen molar-refractivity contribution in [2.24, 2.45) is 0 Å². The average Bonchev–Trinajstić information content (AvgIpc) is 3.34. The van der Waals surface area contributed by atoms with Crippen LogP contribution in [0.2, 0.25) is 0 Å². The number of halogens is 3. The van der Waals surface area contributed by atoms with Crippen molar-refractivity contribution in [2.45, 2.75) is 44.9 Å². The molecule has 4 N–H and O–H groups in total. The molecular weight excluding hydrogens is 660 g/mol. The molecule has 0 bridgehead atoms. The summed E-state index contributed by atoms with van der Waals surface area (Å²) in [7, 11) is 0. The van der Waals surface area contributed by atoms with Crippen LogP contribution in [0.5, 0.6) is 0 Å². The number of nitrogens with one attached hydrogen (secondary N) is 3. The summed E-state index contributed by atoms with van der Waals surface area (Å²) >= 11 is 7.01. The van der Waals surface area contributed by atoms with Gasteiger partial charge in [-0.1, -0.05) is 62.2 Å². The van der Waals surface area contributed by atoms with Crippen molar-refractivity contribution in [3.63, 3.8) is 0 Å². The minimum atomic E-state index is -0.832. The Morgan fingerprint density at radius 2 is 1.75 bits per heavy atom. The summed E-state index contributed by atoms with van der Waals surface area (Å²) < 4.78 is 1.94. The van der Waals surface area contributed by atoms with Crippen LogP contribution >= 0.6 is 44.3 Å². The molecular formula is C30H35Br2ClN4O3. The normalized spacial score (nSPS) is 14.4. The van der Waals surface area contributed by atoms with Gasteiger partial charge in [0.25, 0.3) is 5.91 Å². The summed E-state index contributed by atoms with van der Waals surface area (Å²) in [4.78, 5) is 27.7. The predicted octanol–water partition coefficient (Wildman–Crippen LogP) is 5.68. The lowest BCUT2D eigenvalue weighted by molar-refractivity contribution is -0.117. The largest absolute Gasteiger partial charge is 0.390 e. The molecule has 1 aliphatic heterocycles. The zero-order valence-corrected chi connectivity index (χ0v) is 26.3. The van der Waals surface area contributed by atoms with E-state index in [9.17, 15) is 14.7 Å². The maximum atomic E-state index is 13.5. The van der Waals surface area contributed by atoms with Gasteiger partial charge in [0, 0.05) is 58.5 Å². The van der Waals surface area contributed by atoms with Gasteiger partial charge in [-0.15, -0.1) is 12.4 Å². The van der Waals surface area contributed by atoms with Crippen molar-refractivity contribution in [1.29, 1.82) is 0 Å². The van der Waals surface area contributed by atoms with E-state index < -0.39 is 12.1 Å². The number of aliphatic hydroxyl groups excluding tert-OH is 1. The monoisotopic (exact) mass is 692 g/mol. The fourth-order valence-corrected chi connectivity index (χ4v) is 6.14. The minimum Gasteiger partial charge on any atom is -0.390 e. The van der Waals surface area contributed by atoms with Crippen molar-refractivity contribution in [1.82, 2.24) is 10.6 Å². The number of anilines is 2. The average molecular weight is 695 g/mol. The highest BCUT2D eigenvalue weighted by Crippen LogP contribution is 2.27. The second-order valence-corrected chi connectivity index (χ2v) is 11.5. The zero-order valence-electron chi connectivity index (χ0n) is 22.3. The molecule has 1 fully saturated rings. The van der Waals surface area contributed by atoms with Crippen LogP contribution in [-0.4, -0.2) is 48.7 Å². The summed E-state index contributed by atoms with van der Waals surface area (Å²) in [6.45, 7) is 4.19. The molecule has 7 nitrogen and oxygen atoms in total. The number of carbonyl (C=O) groups excluding carboxylic acids is 2. The third-order valence-electron chi connectivity index (χ3n) is 6.63. The molecule has 40 heavy (non-hydrogen) atoms. The van der Waals surface area contributed by atoms with E-state index in [4.69, 9.17) is 0 Å². The van der Waals surface area contributed by atoms with Crippen molar-refractivity contribution < 1.29 is 14.7 Å². The highest BCUT2D eigenvalue weighted by atomic mass is 79.9. The standard InChI is InChI=1S/C30H34Br2N4O3.ClH/c1-2-34-25-14-22(15-26(17-25)36-10-6-9-29(36)38)30(39)35-27(13-20-7-4-3-5-8-20)28(37)19-33-18-21-11-23(31)16-24(32)12-21;/h3-5,7-8,11-12,14-17,27-28,33-34,37H,2,6,9-10,13,18-19H2,1H3,(H,35,39);1H/t27-,28-;/m0./s1. The van der Waals surface area contributed by atoms with E-state index in [-0.39, 0.29) is 24.2 Å². The van der Waals surface area contributed by atoms with Crippen molar-refractivity contribution in [3.05, 3.63) is 92.4 Å². The Balaban J connectivity index is 0.00000441. The number of carbonyl (C=O) groups is 2. The molecule has 4 rings (SSSR count). The number of hydrogen-bond donors (Lipinski definition) is 4. The first-order valence-corrected chi connectivity index (χ1v) is 14.8. The highest BCUT2D eigenvalue weighted by molar-refractivity contribution is 9.11. The molecule has 2 atom stereocenters. The molecule has 3 aromatic rings. The Morgan fingerprint density at radius 3 is 2.40 bits per heavy atom. The van der Waals surface area contributed by atoms with Gasteiger partial charge < -0.3 is 26.0 Å². The van der Waals surface area contributed by atoms with Crippen molar-refractivity contribution in [2.75, 3.05) is 29.9 Å². The fraction of sp³-hybridized carbons (Fsp3) is 0.333. The Morgan fingerprint density at radius 1 is 1.02 bits per heavy atom. The van der Waals surface area contributed by atoms with Crippen LogP contribution in [0.1, 0.15) is 41.3 Å². The predicted molar refractivity (Wildman–Crippen MR) is 170 cm³/mol. The summed E-state index contributed by atoms with van der Waals surface area (Å²) in [6.07, 6.45) is 0.965. The molecule has 0 unspecified atom stereocenters. The molecule has 3 aromatic carbocycles. The molecule has 0 aliphatic carbocycles. The quantitative estimate of drug-likeness (QED) is 0.196. The Labute approximate surface area is 258 Å². The summed E-state index contributed by atoms with van der Waals surface area (Å²) in [5.41, 5.74) is 4.02. The van der Waals surface area contributed by atoms with Crippen LogP contribution in [-0.2, 0) is 17.8 Å². The van der Waals surface area contributed by atoms with Gasteiger partial charge in [0.15, 0.2) is 0 Å². The second-order valence-electron chi connectivity index (χ2n) is 9.69. The lowest BCUT2D eigenvalue weighted by atomic mass is 10.00. The molecule has 0 radical (unpaired) electrons. The fourth-order valence-electron chi connectivity index (χ4n) is 4.75. The van der Waals surface area contributed by atoms with E-state index in [0.29, 0.717) is 50.3 Å². The minimum absolute atomic E-state index is 0. The first-order valence-electron chi connectivity index (χ1n) is 13.2. The maximum Gasteiger partial charge on any atom is 0.251 e. The Hall–Kier alpha value is -2.43. The van der Waals surface area contributed by atoms with Crippen LogP contribution in [0.15, 0.2) is 75.7 Å². The van der Waals surface area contributed by atoms with Gasteiger partial charge in [0.1, 0.15) is 0 Å². The third kappa shape index (κ3) is 9.04. The lowest BCUT2D eigenvalue weighted by Gasteiger charge is -2.25. The van der Waals surface area contributed by atoms with Gasteiger partial charge in [-0.2, -0.15) is 0 Å². The molecule has 214 valence electrons. The van der Waals surface area contributed by atoms with Crippen molar-refractivity contribution >= 4 is 67.5 Å². The Bertz CT molecular complexity index is 1270. The number of benzene rings is 3.